The summed E-state index contributed by atoms with van der Waals surface area (Å²) in [5.74, 6) is 1.61. The summed E-state index contributed by atoms with van der Waals surface area (Å²) in [4.78, 5) is 0. The zero-order valence-corrected chi connectivity index (χ0v) is 9.48. The molecule has 0 fully saturated rings. The molecular weight excluding hydrogens is 218 g/mol. The molecule has 16 heavy (non-hydrogen) atoms. The van der Waals surface area contributed by atoms with Gasteiger partial charge in [0.15, 0.2) is 5.94 Å². The number of hydrogen-bond donors (Lipinski definition) is 0. The lowest BCUT2D eigenvalue weighted by Crippen LogP contribution is -2.16. The molecule has 0 aliphatic carbocycles. The predicted octanol–water partition coefficient (Wildman–Crippen LogP) is 3.82. The third kappa shape index (κ3) is 1.63. The average molecular weight is 229 g/mol. The predicted molar refractivity (Wildman–Crippen MR) is 68.1 cm³/mol. The molecule has 2 aromatic rings. The Morgan fingerprint density at radius 2 is 1.69 bits per heavy atom. The van der Waals surface area contributed by atoms with E-state index >= 15 is 0 Å². The zero-order chi connectivity index (χ0) is 10.8. The first-order valence-corrected chi connectivity index (χ1v) is 6.09. The number of hydrogen-bond acceptors (Lipinski definition) is 3. The van der Waals surface area contributed by atoms with Crippen molar-refractivity contribution in [1.29, 1.82) is 0 Å². The van der Waals surface area contributed by atoms with Gasteiger partial charge in [-0.25, -0.2) is 0 Å². The average Bonchev–Trinajstić information content (AvgIpc) is 2.39. The molecule has 1 aliphatic heterocycles. The Kier molecular flexibility index (Phi) is 2.46. The quantitative estimate of drug-likeness (QED) is 0.690. The van der Waals surface area contributed by atoms with Crippen LogP contribution >= 0.6 is 11.9 Å². The first-order valence-electron chi connectivity index (χ1n) is 5.15. The molecule has 80 valence electrons. The van der Waals surface area contributed by atoms with Crippen molar-refractivity contribution in [3.8, 4) is 5.75 Å². The number of fused-ring (bicyclic) bond motifs is 1. The van der Waals surface area contributed by atoms with Crippen LogP contribution in [0.2, 0.25) is 0 Å². The van der Waals surface area contributed by atoms with Crippen LogP contribution in [0.5, 0.6) is 5.75 Å². The van der Waals surface area contributed by atoms with E-state index in [2.05, 4.69) is 22.5 Å². The molecule has 0 atom stereocenters. The fraction of sp³-hybridized carbons (Fsp3) is 0.0769. The Morgan fingerprint density at radius 3 is 2.56 bits per heavy atom. The molecule has 0 bridgehead atoms. The van der Waals surface area contributed by atoms with E-state index in [1.54, 1.807) is 11.9 Å². The molecule has 0 saturated carbocycles. The minimum absolute atomic E-state index is 0.659. The summed E-state index contributed by atoms with van der Waals surface area (Å²) < 4.78 is 7.80. The van der Waals surface area contributed by atoms with Crippen LogP contribution in [-0.2, 0) is 0 Å². The highest BCUT2D eigenvalue weighted by Crippen LogP contribution is 2.42. The molecule has 1 aliphatic rings. The van der Waals surface area contributed by atoms with Crippen LogP contribution in [-0.4, -0.2) is 5.94 Å². The van der Waals surface area contributed by atoms with Crippen molar-refractivity contribution in [3.63, 3.8) is 0 Å². The fourth-order valence-electron chi connectivity index (χ4n) is 1.74. The molecule has 0 radical (unpaired) electrons. The van der Waals surface area contributed by atoms with E-state index in [1.165, 1.54) is 5.69 Å². The highest BCUT2D eigenvalue weighted by molar-refractivity contribution is 8.00. The largest absolute Gasteiger partial charge is 0.479 e. The Labute approximate surface area is 99.0 Å². The molecule has 0 amide bonds. The zero-order valence-electron chi connectivity index (χ0n) is 8.67. The summed E-state index contributed by atoms with van der Waals surface area (Å²) in [7, 11) is 0. The van der Waals surface area contributed by atoms with Crippen molar-refractivity contribution in [2.24, 2.45) is 0 Å². The Balaban J connectivity index is 2.05. The third-order valence-electron chi connectivity index (χ3n) is 2.47. The van der Waals surface area contributed by atoms with Gasteiger partial charge in [-0.15, -0.1) is 0 Å². The van der Waals surface area contributed by atoms with E-state index in [0.29, 0.717) is 5.94 Å². The normalized spacial score (nSPS) is 14.1. The van der Waals surface area contributed by atoms with Gasteiger partial charge < -0.3 is 4.74 Å². The van der Waals surface area contributed by atoms with Gasteiger partial charge >= 0.3 is 0 Å². The smallest absolute Gasteiger partial charge is 0.153 e. The lowest BCUT2D eigenvalue weighted by atomic mass is 10.2. The van der Waals surface area contributed by atoms with Crippen molar-refractivity contribution in [3.05, 3.63) is 54.6 Å². The second-order valence-electron chi connectivity index (χ2n) is 3.49. The van der Waals surface area contributed by atoms with Crippen LogP contribution in [0.4, 0.5) is 11.4 Å². The van der Waals surface area contributed by atoms with Crippen molar-refractivity contribution in [2.75, 3.05) is 10.2 Å². The maximum atomic E-state index is 5.60. The van der Waals surface area contributed by atoms with Gasteiger partial charge in [-0.2, -0.15) is 0 Å². The number of benzene rings is 2. The van der Waals surface area contributed by atoms with Crippen LogP contribution in [0.1, 0.15) is 0 Å². The summed E-state index contributed by atoms with van der Waals surface area (Å²) >= 11 is 1.67. The number of para-hydroxylation sites is 3. The second-order valence-corrected chi connectivity index (χ2v) is 4.35. The highest BCUT2D eigenvalue weighted by atomic mass is 32.2. The van der Waals surface area contributed by atoms with Crippen molar-refractivity contribution in [2.45, 2.75) is 0 Å². The molecule has 0 unspecified atom stereocenters. The Bertz CT molecular complexity index is 486. The molecule has 3 rings (SSSR count). The molecule has 2 nitrogen and oxygen atoms in total. The lowest BCUT2D eigenvalue weighted by Gasteiger charge is -2.29. The molecule has 0 saturated heterocycles. The summed E-state index contributed by atoms with van der Waals surface area (Å²) in [6, 6.07) is 18.5. The number of anilines is 2. The SMILES string of the molecule is c1ccc(N2SCOc3ccccc32)cc1. The van der Waals surface area contributed by atoms with Gasteiger partial charge in [0, 0.05) is 0 Å². The van der Waals surface area contributed by atoms with Gasteiger partial charge in [0.05, 0.1) is 11.4 Å². The number of rotatable bonds is 1. The maximum absolute atomic E-state index is 5.60. The minimum atomic E-state index is 0.659. The van der Waals surface area contributed by atoms with E-state index in [9.17, 15) is 0 Å². The van der Waals surface area contributed by atoms with Gasteiger partial charge in [0.1, 0.15) is 5.75 Å². The van der Waals surface area contributed by atoms with E-state index in [4.69, 9.17) is 4.74 Å². The monoisotopic (exact) mass is 229 g/mol. The first kappa shape index (κ1) is 9.60. The summed E-state index contributed by atoms with van der Waals surface area (Å²) in [5.41, 5.74) is 2.30. The first-order chi connectivity index (χ1) is 7.95. The van der Waals surface area contributed by atoms with Crippen LogP contribution < -0.4 is 9.04 Å². The molecule has 1 heterocycles. The van der Waals surface area contributed by atoms with Crippen LogP contribution in [0.15, 0.2) is 54.6 Å². The Morgan fingerprint density at radius 1 is 0.938 bits per heavy atom. The third-order valence-corrected chi connectivity index (χ3v) is 3.36. The van der Waals surface area contributed by atoms with Crippen LogP contribution in [0.3, 0.4) is 0 Å². The number of nitrogens with zero attached hydrogens (tertiary/aromatic N) is 1. The van der Waals surface area contributed by atoms with Gasteiger partial charge in [0.25, 0.3) is 0 Å². The maximum Gasteiger partial charge on any atom is 0.153 e. The molecular formula is C13H11NOS. The van der Waals surface area contributed by atoms with Crippen molar-refractivity contribution < 1.29 is 4.74 Å². The highest BCUT2D eigenvalue weighted by Gasteiger charge is 2.19. The second kappa shape index (κ2) is 4.10. The summed E-state index contributed by atoms with van der Waals surface area (Å²) in [6.07, 6.45) is 0. The molecule has 2 aromatic carbocycles. The molecule has 0 aromatic heterocycles. The van der Waals surface area contributed by atoms with E-state index in [1.807, 2.05) is 36.4 Å². The van der Waals surface area contributed by atoms with Crippen molar-refractivity contribution in [1.82, 2.24) is 0 Å². The standard InChI is InChI=1S/C13H11NOS/c1-2-6-11(7-3-1)14-12-8-4-5-9-13(12)15-10-16-14/h1-9H,10H2. The van der Waals surface area contributed by atoms with Crippen molar-refractivity contribution >= 4 is 23.3 Å². The number of ether oxygens (including phenoxy) is 1. The van der Waals surface area contributed by atoms with Gasteiger partial charge in [-0.05, 0) is 36.2 Å². The van der Waals surface area contributed by atoms with E-state index < -0.39 is 0 Å². The van der Waals surface area contributed by atoms with Crippen LogP contribution in [0.25, 0.3) is 0 Å². The molecule has 3 heteroatoms. The van der Waals surface area contributed by atoms with Gasteiger partial charge in [0.2, 0.25) is 0 Å². The Hall–Kier alpha value is -1.61. The topological polar surface area (TPSA) is 12.5 Å². The lowest BCUT2D eigenvalue weighted by molar-refractivity contribution is 0.390. The van der Waals surface area contributed by atoms with Crippen LogP contribution in [0, 0.1) is 0 Å². The minimum Gasteiger partial charge on any atom is -0.479 e. The van der Waals surface area contributed by atoms with Gasteiger partial charge in [-0.1, -0.05) is 30.3 Å². The fourth-order valence-corrected chi connectivity index (χ4v) is 2.58. The summed E-state index contributed by atoms with van der Waals surface area (Å²) in [5, 5.41) is 0. The van der Waals surface area contributed by atoms with Gasteiger partial charge in [-0.3, -0.25) is 4.31 Å². The summed E-state index contributed by atoms with van der Waals surface area (Å²) in [6.45, 7) is 0. The molecule has 0 N–H and O–H groups in total. The molecule has 0 spiro atoms. The van der Waals surface area contributed by atoms with E-state index in [-0.39, 0.29) is 0 Å². The van der Waals surface area contributed by atoms with E-state index in [0.717, 1.165) is 11.4 Å².